The molecule has 2 N–H and O–H groups in total. The highest BCUT2D eigenvalue weighted by Gasteiger charge is 2.31. The zero-order valence-corrected chi connectivity index (χ0v) is 23.9. The quantitative estimate of drug-likeness (QED) is 0.115. The third-order valence-electron chi connectivity index (χ3n) is 6.27. The van der Waals surface area contributed by atoms with Crippen molar-refractivity contribution in [3.8, 4) is 6.07 Å². The van der Waals surface area contributed by atoms with E-state index in [0.717, 1.165) is 49.1 Å². The normalized spacial score (nSPS) is 14.3. The number of benzene rings is 1. The van der Waals surface area contributed by atoms with Crippen LogP contribution in [0.15, 0.2) is 29.8 Å². The van der Waals surface area contributed by atoms with Gasteiger partial charge in [-0.2, -0.15) is 5.26 Å². The van der Waals surface area contributed by atoms with Gasteiger partial charge >= 0.3 is 12.1 Å². The number of hydrogen-bond acceptors (Lipinski definition) is 7. The van der Waals surface area contributed by atoms with Crippen molar-refractivity contribution < 1.29 is 28.9 Å². The van der Waals surface area contributed by atoms with Crippen molar-refractivity contribution in [3.63, 3.8) is 0 Å². The van der Waals surface area contributed by atoms with Gasteiger partial charge in [0, 0.05) is 30.3 Å². The van der Waals surface area contributed by atoms with Gasteiger partial charge in [0.25, 0.3) is 0 Å². The molecule has 39 heavy (non-hydrogen) atoms. The molecule has 1 aromatic rings. The second-order valence-corrected chi connectivity index (χ2v) is 10.2. The van der Waals surface area contributed by atoms with E-state index in [1.54, 1.807) is 12.1 Å². The molecule has 0 unspecified atom stereocenters. The minimum Gasteiger partial charge on any atom is -0.477 e. The monoisotopic (exact) mass is 561 g/mol. The van der Waals surface area contributed by atoms with E-state index < -0.39 is 12.1 Å². The minimum absolute atomic E-state index is 0.181. The Balaban J connectivity index is 1.76. The average molecular weight is 562 g/mol. The van der Waals surface area contributed by atoms with Crippen LogP contribution in [0.5, 0.6) is 0 Å². The van der Waals surface area contributed by atoms with Gasteiger partial charge in [0.15, 0.2) is 0 Å². The molecule has 0 aliphatic carbocycles. The van der Waals surface area contributed by atoms with E-state index in [-0.39, 0.29) is 17.7 Å². The number of nitrogens with one attached hydrogen (secondary N) is 1. The molecule has 1 aromatic carbocycles. The van der Waals surface area contributed by atoms with Gasteiger partial charge in [-0.15, -0.1) is 11.6 Å². The fraction of sp³-hybridized carbons (Fsp3) is 0.552. The highest BCUT2D eigenvalue weighted by Crippen LogP contribution is 2.39. The lowest BCUT2D eigenvalue weighted by Crippen LogP contribution is -2.47. The number of hydrogen-bond donors (Lipinski definition) is 2. The summed E-state index contributed by atoms with van der Waals surface area (Å²) in [6.07, 6.45) is 7.29. The van der Waals surface area contributed by atoms with Gasteiger partial charge in [-0.3, -0.25) is 0 Å². The summed E-state index contributed by atoms with van der Waals surface area (Å²) in [4.78, 5) is 25.5. The molecule has 0 fully saturated rings. The summed E-state index contributed by atoms with van der Waals surface area (Å²) in [6.45, 7) is 9.23. The first-order valence-corrected chi connectivity index (χ1v) is 13.8. The van der Waals surface area contributed by atoms with Crippen molar-refractivity contribution in [1.29, 1.82) is 5.26 Å². The molecule has 0 saturated heterocycles. The Kier molecular flexibility index (Phi) is 13.9. The Morgan fingerprint density at radius 3 is 2.51 bits per heavy atom. The molecule has 0 saturated carbocycles. The molecule has 1 amide bonds. The highest BCUT2D eigenvalue weighted by molar-refractivity contribution is 6.17. The van der Waals surface area contributed by atoms with Crippen molar-refractivity contribution in [3.05, 3.63) is 41.0 Å². The maximum absolute atomic E-state index is 12.1. The fourth-order valence-corrected chi connectivity index (χ4v) is 4.58. The van der Waals surface area contributed by atoms with Crippen LogP contribution in [0.4, 0.5) is 10.5 Å². The number of halogens is 1. The zero-order chi connectivity index (χ0) is 28.7. The summed E-state index contributed by atoms with van der Waals surface area (Å²) in [5.41, 5.74) is 2.90. The Morgan fingerprint density at radius 1 is 1.10 bits per heavy atom. The smallest absolute Gasteiger partial charge is 0.407 e. The number of alkyl halides is 1. The summed E-state index contributed by atoms with van der Waals surface area (Å²) < 4.78 is 16.4. The summed E-state index contributed by atoms with van der Waals surface area (Å²) in [7, 11) is 0. The standard InChI is InChI=1S/C29H40ClN3O6/c1-22-20-29(2,3)33(26-9-8-23(19-25(22)26)18-24(21-31)27(34)35)12-15-39-28(36)32-11-14-38-17-16-37-13-7-5-4-6-10-30/h8-9,18-20H,4-7,10-17H2,1-3H3,(H,32,36)(H,34,35)/b24-18+. The van der Waals surface area contributed by atoms with E-state index in [2.05, 4.69) is 30.1 Å². The fourth-order valence-electron chi connectivity index (χ4n) is 4.39. The zero-order valence-electron chi connectivity index (χ0n) is 23.1. The number of nitrogens with zero attached hydrogens (tertiary/aromatic N) is 2. The van der Waals surface area contributed by atoms with Crippen LogP contribution in [-0.4, -0.2) is 74.7 Å². The molecule has 0 radical (unpaired) electrons. The Labute approximate surface area is 236 Å². The van der Waals surface area contributed by atoms with Crippen molar-refractivity contribution in [1.82, 2.24) is 5.32 Å². The summed E-state index contributed by atoms with van der Waals surface area (Å²) >= 11 is 5.65. The van der Waals surface area contributed by atoms with Gasteiger partial charge in [-0.25, -0.2) is 9.59 Å². The molecule has 0 bridgehead atoms. The van der Waals surface area contributed by atoms with Crippen LogP contribution < -0.4 is 10.2 Å². The Hall–Kier alpha value is -3.06. The summed E-state index contributed by atoms with van der Waals surface area (Å²) in [5, 5.41) is 20.9. The number of amides is 1. The number of nitriles is 1. The van der Waals surface area contributed by atoms with E-state index in [9.17, 15) is 9.59 Å². The van der Waals surface area contributed by atoms with Crippen LogP contribution in [0.25, 0.3) is 11.6 Å². The number of carbonyl (C=O) groups is 2. The van der Waals surface area contributed by atoms with E-state index in [1.807, 2.05) is 19.1 Å². The first-order valence-electron chi connectivity index (χ1n) is 13.3. The number of alkyl carbamates (subject to hydrolysis) is 1. The second-order valence-electron chi connectivity index (χ2n) is 9.77. The topological polar surface area (TPSA) is 121 Å². The molecule has 2 rings (SSSR count). The van der Waals surface area contributed by atoms with Gasteiger partial charge in [-0.05, 0) is 63.0 Å². The predicted octanol–water partition coefficient (Wildman–Crippen LogP) is 5.24. The summed E-state index contributed by atoms with van der Waals surface area (Å²) in [5.74, 6) is -0.552. The third-order valence-corrected chi connectivity index (χ3v) is 6.54. The van der Waals surface area contributed by atoms with Gasteiger partial charge in [0.05, 0.1) is 31.9 Å². The van der Waals surface area contributed by atoms with Crippen LogP contribution >= 0.6 is 11.6 Å². The molecule has 214 valence electrons. The van der Waals surface area contributed by atoms with Gasteiger partial charge < -0.3 is 29.5 Å². The minimum atomic E-state index is -1.26. The number of anilines is 1. The maximum atomic E-state index is 12.1. The SMILES string of the molecule is CC1=CC(C)(C)N(CCOC(=O)NCCOCCOCCCCCCCl)c2ccc(/C=C(\C#N)C(=O)O)cc21. The largest absolute Gasteiger partial charge is 0.477 e. The number of carbonyl (C=O) groups excluding carboxylic acids is 1. The van der Waals surface area contributed by atoms with Gasteiger partial charge in [-0.1, -0.05) is 25.0 Å². The van der Waals surface area contributed by atoms with Crippen LogP contribution in [0.1, 0.15) is 57.6 Å². The molecular weight excluding hydrogens is 522 g/mol. The number of carboxylic acid groups (broad SMARTS) is 1. The highest BCUT2D eigenvalue weighted by atomic mass is 35.5. The van der Waals surface area contributed by atoms with Crippen molar-refractivity contribution in [2.45, 2.75) is 52.0 Å². The molecule has 1 aliphatic heterocycles. The van der Waals surface area contributed by atoms with E-state index in [4.69, 9.17) is 36.2 Å². The van der Waals surface area contributed by atoms with Crippen molar-refractivity contribution in [2.75, 3.05) is 56.9 Å². The number of allylic oxidation sites excluding steroid dienone is 1. The van der Waals surface area contributed by atoms with E-state index >= 15 is 0 Å². The maximum Gasteiger partial charge on any atom is 0.407 e. The predicted molar refractivity (Wildman–Crippen MR) is 153 cm³/mol. The lowest BCUT2D eigenvalue weighted by molar-refractivity contribution is -0.132. The number of ether oxygens (including phenoxy) is 3. The first kappa shape index (κ1) is 32.2. The van der Waals surface area contributed by atoms with Crippen LogP contribution in [0.2, 0.25) is 0 Å². The molecule has 9 nitrogen and oxygen atoms in total. The van der Waals surface area contributed by atoms with Crippen LogP contribution in [0, 0.1) is 11.3 Å². The van der Waals surface area contributed by atoms with Crippen molar-refractivity contribution >= 4 is 41.0 Å². The number of carboxylic acids is 1. The molecule has 10 heteroatoms. The van der Waals surface area contributed by atoms with E-state index in [0.29, 0.717) is 44.4 Å². The summed E-state index contributed by atoms with van der Waals surface area (Å²) in [6, 6.07) is 7.25. The molecule has 0 aromatic heterocycles. The molecule has 0 spiro atoms. The molecular formula is C29H40ClN3O6. The molecule has 0 atom stereocenters. The number of unbranched alkanes of at least 4 members (excludes halogenated alkanes) is 3. The Morgan fingerprint density at radius 2 is 1.82 bits per heavy atom. The number of fused-ring (bicyclic) bond motifs is 1. The molecule has 1 aliphatic rings. The number of aliphatic carboxylic acids is 1. The lowest BCUT2D eigenvalue weighted by atomic mass is 9.88. The van der Waals surface area contributed by atoms with Crippen LogP contribution in [-0.2, 0) is 19.0 Å². The van der Waals surface area contributed by atoms with E-state index in [1.165, 1.54) is 6.08 Å². The van der Waals surface area contributed by atoms with Gasteiger partial charge in [0.1, 0.15) is 18.2 Å². The second kappa shape index (κ2) is 16.8. The first-order chi connectivity index (χ1) is 18.7. The Bertz CT molecular complexity index is 1060. The van der Waals surface area contributed by atoms with Crippen molar-refractivity contribution in [2.24, 2.45) is 0 Å². The number of rotatable bonds is 17. The molecule has 1 heterocycles. The lowest BCUT2D eigenvalue weighted by Gasteiger charge is -2.43. The van der Waals surface area contributed by atoms with Crippen LogP contribution in [0.3, 0.4) is 0 Å². The van der Waals surface area contributed by atoms with Gasteiger partial charge in [0.2, 0.25) is 0 Å². The average Bonchev–Trinajstić information content (AvgIpc) is 2.89. The third kappa shape index (κ3) is 10.9.